The standard InChI is InChI=1S/C13H13N7O/c14-13-17-11(18-19-13)12(21)16-10-6-15-20(8-10)7-9-4-2-1-3-5-9/h1-6,8H,7H2,(H,16,21)(H3,14,17,18,19). The monoisotopic (exact) mass is 283 g/mol. The number of hydrogen-bond acceptors (Lipinski definition) is 5. The molecule has 0 bridgehead atoms. The minimum atomic E-state index is -0.418. The van der Waals surface area contributed by atoms with E-state index in [1.807, 2.05) is 30.3 Å². The van der Waals surface area contributed by atoms with E-state index in [1.54, 1.807) is 17.1 Å². The molecule has 3 rings (SSSR count). The van der Waals surface area contributed by atoms with E-state index in [0.717, 1.165) is 5.56 Å². The highest BCUT2D eigenvalue weighted by Crippen LogP contribution is 2.09. The van der Waals surface area contributed by atoms with E-state index in [2.05, 4.69) is 25.6 Å². The maximum absolute atomic E-state index is 11.9. The molecule has 8 heteroatoms. The Labute approximate surface area is 120 Å². The van der Waals surface area contributed by atoms with Crippen molar-refractivity contribution in [3.05, 3.63) is 54.1 Å². The lowest BCUT2D eigenvalue weighted by molar-refractivity contribution is 0.101. The molecule has 0 atom stereocenters. The minimum absolute atomic E-state index is 0.0277. The molecule has 0 saturated carbocycles. The van der Waals surface area contributed by atoms with Gasteiger partial charge in [-0.2, -0.15) is 10.1 Å². The number of carbonyl (C=O) groups excluding carboxylic acids is 1. The number of aromatic nitrogens is 5. The fourth-order valence-corrected chi connectivity index (χ4v) is 1.85. The molecular weight excluding hydrogens is 270 g/mol. The van der Waals surface area contributed by atoms with Crippen LogP contribution in [0.15, 0.2) is 42.7 Å². The van der Waals surface area contributed by atoms with Gasteiger partial charge in [-0.3, -0.25) is 14.6 Å². The average Bonchev–Trinajstić information content (AvgIpc) is 3.09. The van der Waals surface area contributed by atoms with Crippen LogP contribution in [0.1, 0.15) is 16.2 Å². The second-order valence-corrected chi connectivity index (χ2v) is 4.41. The number of hydrogen-bond donors (Lipinski definition) is 3. The molecule has 0 aliphatic rings. The smallest absolute Gasteiger partial charge is 0.293 e. The molecule has 0 radical (unpaired) electrons. The van der Waals surface area contributed by atoms with E-state index in [0.29, 0.717) is 12.2 Å². The van der Waals surface area contributed by atoms with Gasteiger partial charge in [-0.25, -0.2) is 0 Å². The third-order valence-corrected chi connectivity index (χ3v) is 2.80. The zero-order chi connectivity index (χ0) is 14.7. The van der Waals surface area contributed by atoms with Crippen molar-refractivity contribution in [2.24, 2.45) is 0 Å². The van der Waals surface area contributed by atoms with Gasteiger partial charge in [-0.05, 0) is 5.56 Å². The zero-order valence-corrected chi connectivity index (χ0v) is 11.0. The molecule has 1 amide bonds. The average molecular weight is 283 g/mol. The highest BCUT2D eigenvalue weighted by atomic mass is 16.2. The highest BCUT2D eigenvalue weighted by Gasteiger charge is 2.11. The summed E-state index contributed by atoms with van der Waals surface area (Å²) in [6.45, 7) is 0.631. The second-order valence-electron chi connectivity index (χ2n) is 4.41. The molecular formula is C13H13N7O. The number of nitrogens with two attached hydrogens (primary N) is 1. The third kappa shape index (κ3) is 3.06. The largest absolute Gasteiger partial charge is 0.366 e. The fourth-order valence-electron chi connectivity index (χ4n) is 1.85. The van der Waals surface area contributed by atoms with Crippen molar-refractivity contribution in [1.82, 2.24) is 25.0 Å². The van der Waals surface area contributed by atoms with Crippen LogP contribution in [0, 0.1) is 0 Å². The number of aromatic amines is 1. The predicted octanol–water partition coefficient (Wildman–Crippen LogP) is 0.884. The number of nitrogen functional groups attached to an aromatic ring is 1. The fraction of sp³-hybridized carbons (Fsp3) is 0.0769. The quantitative estimate of drug-likeness (QED) is 0.657. The van der Waals surface area contributed by atoms with Crippen molar-refractivity contribution in [2.45, 2.75) is 6.54 Å². The number of benzene rings is 1. The molecule has 3 aromatic rings. The van der Waals surface area contributed by atoms with Gasteiger partial charge in [0.2, 0.25) is 11.8 Å². The van der Waals surface area contributed by atoms with Crippen molar-refractivity contribution in [2.75, 3.05) is 11.1 Å². The van der Waals surface area contributed by atoms with Crippen LogP contribution in [0.4, 0.5) is 11.6 Å². The molecule has 21 heavy (non-hydrogen) atoms. The van der Waals surface area contributed by atoms with Gasteiger partial charge in [0.1, 0.15) is 0 Å². The SMILES string of the molecule is Nc1n[nH]c(C(=O)Nc2cnn(Cc3ccccc3)c2)n1. The first kappa shape index (κ1) is 12.9. The van der Waals surface area contributed by atoms with Crippen LogP contribution >= 0.6 is 0 Å². The number of H-pyrrole nitrogens is 1. The van der Waals surface area contributed by atoms with Gasteiger partial charge < -0.3 is 11.1 Å². The van der Waals surface area contributed by atoms with E-state index in [-0.39, 0.29) is 11.8 Å². The summed E-state index contributed by atoms with van der Waals surface area (Å²) in [5.74, 6) is -0.332. The molecule has 1 aromatic carbocycles. The van der Waals surface area contributed by atoms with Crippen molar-refractivity contribution in [3.63, 3.8) is 0 Å². The van der Waals surface area contributed by atoms with E-state index >= 15 is 0 Å². The molecule has 0 spiro atoms. The Morgan fingerprint density at radius 1 is 1.33 bits per heavy atom. The normalized spacial score (nSPS) is 10.5. The molecule has 0 aliphatic carbocycles. The van der Waals surface area contributed by atoms with Crippen LogP contribution in [0.3, 0.4) is 0 Å². The molecule has 0 saturated heterocycles. The number of nitrogens with zero attached hydrogens (tertiary/aromatic N) is 4. The Morgan fingerprint density at radius 2 is 2.14 bits per heavy atom. The summed E-state index contributed by atoms with van der Waals surface area (Å²) >= 11 is 0. The van der Waals surface area contributed by atoms with Gasteiger partial charge in [0.15, 0.2) is 0 Å². The molecule has 0 fully saturated rings. The molecule has 4 N–H and O–H groups in total. The maximum atomic E-state index is 11.9. The number of carbonyl (C=O) groups is 1. The minimum Gasteiger partial charge on any atom is -0.366 e. The van der Waals surface area contributed by atoms with Crippen molar-refractivity contribution < 1.29 is 4.79 Å². The summed E-state index contributed by atoms with van der Waals surface area (Å²) < 4.78 is 1.74. The highest BCUT2D eigenvalue weighted by molar-refractivity contribution is 6.01. The Morgan fingerprint density at radius 3 is 2.86 bits per heavy atom. The summed E-state index contributed by atoms with van der Waals surface area (Å²) in [6, 6.07) is 9.92. The van der Waals surface area contributed by atoms with Crippen LogP contribution in [0.2, 0.25) is 0 Å². The van der Waals surface area contributed by atoms with Gasteiger partial charge in [-0.15, -0.1) is 5.10 Å². The Kier molecular flexibility index (Phi) is 3.34. The van der Waals surface area contributed by atoms with Gasteiger partial charge in [0, 0.05) is 6.20 Å². The number of anilines is 2. The lowest BCUT2D eigenvalue weighted by Gasteiger charge is -2.01. The first-order valence-corrected chi connectivity index (χ1v) is 6.26. The van der Waals surface area contributed by atoms with Gasteiger partial charge in [0.05, 0.1) is 18.4 Å². The first-order valence-electron chi connectivity index (χ1n) is 6.26. The lowest BCUT2D eigenvalue weighted by atomic mass is 10.2. The second kappa shape index (κ2) is 5.45. The molecule has 8 nitrogen and oxygen atoms in total. The Bertz CT molecular complexity index is 747. The predicted molar refractivity (Wildman–Crippen MR) is 76.5 cm³/mol. The summed E-state index contributed by atoms with van der Waals surface area (Å²) in [6.07, 6.45) is 3.31. The van der Waals surface area contributed by atoms with Crippen molar-refractivity contribution in [3.8, 4) is 0 Å². The zero-order valence-electron chi connectivity index (χ0n) is 11.0. The molecule has 2 heterocycles. The van der Waals surface area contributed by atoms with Crippen LogP contribution in [-0.4, -0.2) is 30.9 Å². The van der Waals surface area contributed by atoms with Crippen molar-refractivity contribution in [1.29, 1.82) is 0 Å². The topological polar surface area (TPSA) is 115 Å². The number of rotatable bonds is 4. The Hall–Kier alpha value is -3.16. The maximum Gasteiger partial charge on any atom is 0.293 e. The summed E-state index contributed by atoms with van der Waals surface area (Å²) in [4.78, 5) is 15.6. The molecule has 0 aliphatic heterocycles. The van der Waals surface area contributed by atoms with Crippen molar-refractivity contribution >= 4 is 17.5 Å². The third-order valence-electron chi connectivity index (χ3n) is 2.80. The van der Waals surface area contributed by atoms with E-state index in [4.69, 9.17) is 5.73 Å². The van der Waals surface area contributed by atoms with Crippen LogP contribution in [0.5, 0.6) is 0 Å². The molecule has 2 aromatic heterocycles. The molecule has 0 unspecified atom stereocenters. The molecule has 106 valence electrons. The van der Waals surface area contributed by atoms with E-state index < -0.39 is 5.91 Å². The Balaban J connectivity index is 1.66. The van der Waals surface area contributed by atoms with Crippen LogP contribution < -0.4 is 11.1 Å². The van der Waals surface area contributed by atoms with E-state index in [1.165, 1.54) is 0 Å². The summed E-state index contributed by atoms with van der Waals surface area (Å²) in [7, 11) is 0. The summed E-state index contributed by atoms with van der Waals surface area (Å²) in [5, 5.41) is 12.9. The van der Waals surface area contributed by atoms with Crippen LogP contribution in [0.25, 0.3) is 0 Å². The lowest BCUT2D eigenvalue weighted by Crippen LogP contribution is -2.13. The van der Waals surface area contributed by atoms with Gasteiger partial charge >= 0.3 is 0 Å². The number of nitrogens with one attached hydrogen (secondary N) is 2. The first-order chi connectivity index (χ1) is 10.2. The van der Waals surface area contributed by atoms with E-state index in [9.17, 15) is 4.79 Å². The van der Waals surface area contributed by atoms with Gasteiger partial charge in [0.25, 0.3) is 5.91 Å². The van der Waals surface area contributed by atoms with Gasteiger partial charge in [-0.1, -0.05) is 30.3 Å². The number of amides is 1. The van der Waals surface area contributed by atoms with Crippen LogP contribution in [-0.2, 0) is 6.54 Å². The summed E-state index contributed by atoms with van der Waals surface area (Å²) in [5.41, 5.74) is 7.05.